The van der Waals surface area contributed by atoms with Crippen LogP contribution in [-0.2, 0) is 11.3 Å². The maximum absolute atomic E-state index is 12.0. The second-order valence-electron chi connectivity index (χ2n) is 5.11. The fourth-order valence-corrected chi connectivity index (χ4v) is 2.25. The van der Waals surface area contributed by atoms with E-state index in [2.05, 4.69) is 29.1 Å². The molecule has 0 spiro atoms. The Kier molecular flexibility index (Phi) is 5.56. The van der Waals surface area contributed by atoms with Crippen LogP contribution in [0.15, 0.2) is 27.3 Å². The van der Waals surface area contributed by atoms with Crippen molar-refractivity contribution in [3.63, 3.8) is 0 Å². The van der Waals surface area contributed by atoms with Gasteiger partial charge >= 0.3 is 5.97 Å². The Labute approximate surface area is 134 Å². The first-order chi connectivity index (χ1) is 11.1. The van der Waals surface area contributed by atoms with Crippen LogP contribution in [0.3, 0.4) is 0 Å². The Morgan fingerprint density at radius 2 is 2.04 bits per heavy atom. The van der Waals surface area contributed by atoms with Gasteiger partial charge in [-0.2, -0.15) is 0 Å². The number of esters is 1. The Morgan fingerprint density at radius 1 is 1.30 bits per heavy atom. The van der Waals surface area contributed by atoms with E-state index in [0.29, 0.717) is 11.7 Å². The van der Waals surface area contributed by atoms with E-state index in [1.807, 2.05) is 6.07 Å². The number of carbonyl (C=O) groups excluding carboxylic acids is 2. The normalized spacial score (nSPS) is 10.8. The molecule has 0 aliphatic rings. The van der Waals surface area contributed by atoms with Crippen molar-refractivity contribution in [2.75, 3.05) is 7.11 Å². The Bertz CT molecular complexity index is 670. The van der Waals surface area contributed by atoms with Crippen LogP contribution in [0, 0.1) is 0 Å². The number of hydrogen-bond donors (Lipinski definition) is 1. The topological polar surface area (TPSA) is 94.6 Å². The molecule has 2 rings (SSSR count). The van der Waals surface area contributed by atoms with E-state index in [1.54, 1.807) is 0 Å². The van der Waals surface area contributed by atoms with Crippen molar-refractivity contribution >= 4 is 11.9 Å². The fraction of sp³-hybridized carbons (Fsp3) is 0.438. The third kappa shape index (κ3) is 4.00. The van der Waals surface area contributed by atoms with Crippen molar-refractivity contribution in [3.8, 4) is 0 Å². The highest BCUT2D eigenvalue weighted by Gasteiger charge is 2.17. The number of aromatic nitrogens is 1. The summed E-state index contributed by atoms with van der Waals surface area (Å²) in [4.78, 5) is 23.3. The van der Waals surface area contributed by atoms with Gasteiger partial charge in [-0.1, -0.05) is 19.0 Å². The van der Waals surface area contributed by atoms with Gasteiger partial charge in [0.25, 0.3) is 5.91 Å². The minimum absolute atomic E-state index is 0.0325. The highest BCUT2D eigenvalue weighted by Crippen LogP contribution is 2.22. The molecule has 0 unspecified atom stereocenters. The molecule has 1 N–H and O–H groups in total. The molecule has 124 valence electrons. The van der Waals surface area contributed by atoms with Crippen molar-refractivity contribution in [2.45, 2.75) is 39.2 Å². The number of hydrogen-bond acceptors (Lipinski definition) is 6. The number of ether oxygens (including phenoxy) is 1. The number of amides is 1. The number of rotatable bonds is 7. The van der Waals surface area contributed by atoms with Crippen LogP contribution in [0.25, 0.3) is 0 Å². The summed E-state index contributed by atoms with van der Waals surface area (Å²) < 4.78 is 14.8. The zero-order valence-corrected chi connectivity index (χ0v) is 13.4. The Hall–Kier alpha value is -2.57. The molecule has 0 radical (unpaired) electrons. The third-order valence-corrected chi connectivity index (χ3v) is 3.65. The molecule has 0 aliphatic heterocycles. The second kappa shape index (κ2) is 7.62. The number of nitrogens with one attached hydrogen (secondary N) is 1. The SMILES string of the molecule is CCC(CC)c1cc(CNC(=O)c2cc(C(=O)OC)co2)on1. The largest absolute Gasteiger partial charge is 0.465 e. The van der Waals surface area contributed by atoms with Gasteiger partial charge in [0.2, 0.25) is 0 Å². The first-order valence-corrected chi connectivity index (χ1v) is 7.49. The van der Waals surface area contributed by atoms with Gasteiger partial charge in [0.1, 0.15) is 6.26 Å². The highest BCUT2D eigenvalue weighted by atomic mass is 16.5. The van der Waals surface area contributed by atoms with Gasteiger partial charge in [-0.3, -0.25) is 4.79 Å². The van der Waals surface area contributed by atoms with Gasteiger partial charge in [-0.25, -0.2) is 4.79 Å². The Balaban J connectivity index is 1.94. The van der Waals surface area contributed by atoms with Crippen molar-refractivity contribution in [3.05, 3.63) is 41.2 Å². The van der Waals surface area contributed by atoms with Crippen molar-refractivity contribution in [1.29, 1.82) is 0 Å². The lowest BCUT2D eigenvalue weighted by Crippen LogP contribution is -2.22. The summed E-state index contributed by atoms with van der Waals surface area (Å²) in [5.74, 6) is -0.0421. The molecule has 1 amide bonds. The van der Waals surface area contributed by atoms with E-state index in [1.165, 1.54) is 19.4 Å². The molecule has 0 saturated heterocycles. The Morgan fingerprint density at radius 3 is 2.70 bits per heavy atom. The lowest BCUT2D eigenvalue weighted by molar-refractivity contribution is 0.0599. The van der Waals surface area contributed by atoms with E-state index >= 15 is 0 Å². The molecule has 23 heavy (non-hydrogen) atoms. The molecule has 2 heterocycles. The van der Waals surface area contributed by atoms with Crippen molar-refractivity contribution in [1.82, 2.24) is 10.5 Å². The van der Waals surface area contributed by atoms with Crippen LogP contribution in [0.4, 0.5) is 0 Å². The monoisotopic (exact) mass is 320 g/mol. The lowest BCUT2D eigenvalue weighted by Gasteiger charge is -2.05. The van der Waals surface area contributed by atoms with Crippen LogP contribution in [0.1, 0.15) is 65.0 Å². The summed E-state index contributed by atoms with van der Waals surface area (Å²) in [6.07, 6.45) is 3.15. The molecule has 0 aromatic carbocycles. The predicted molar refractivity (Wildman–Crippen MR) is 81.0 cm³/mol. The summed E-state index contributed by atoms with van der Waals surface area (Å²) in [7, 11) is 1.26. The fourth-order valence-electron chi connectivity index (χ4n) is 2.25. The van der Waals surface area contributed by atoms with Gasteiger partial charge in [0.15, 0.2) is 11.5 Å². The smallest absolute Gasteiger partial charge is 0.341 e. The van der Waals surface area contributed by atoms with E-state index in [4.69, 9.17) is 8.94 Å². The average molecular weight is 320 g/mol. The van der Waals surface area contributed by atoms with Gasteiger partial charge in [-0.05, 0) is 12.8 Å². The number of methoxy groups -OCH3 is 1. The van der Waals surface area contributed by atoms with Gasteiger partial charge in [0.05, 0.1) is 24.9 Å². The first-order valence-electron chi connectivity index (χ1n) is 7.49. The number of furan rings is 1. The number of nitrogens with zero attached hydrogens (tertiary/aromatic N) is 1. The standard InChI is InChI=1S/C16H20N2O5/c1-4-10(5-2)13-7-12(23-18-13)8-17-15(19)14-6-11(9-22-14)16(20)21-3/h6-7,9-10H,4-5,8H2,1-3H3,(H,17,19). The third-order valence-electron chi connectivity index (χ3n) is 3.65. The molecule has 2 aromatic heterocycles. The zero-order valence-electron chi connectivity index (χ0n) is 13.4. The van der Waals surface area contributed by atoms with Crippen LogP contribution in [0.5, 0.6) is 0 Å². The summed E-state index contributed by atoms with van der Waals surface area (Å²) in [6.45, 7) is 4.39. The molecule has 0 aliphatic carbocycles. The van der Waals surface area contributed by atoms with E-state index in [0.717, 1.165) is 18.5 Å². The molecule has 7 nitrogen and oxygen atoms in total. The molecular weight excluding hydrogens is 300 g/mol. The zero-order chi connectivity index (χ0) is 16.8. The molecule has 0 bridgehead atoms. The summed E-state index contributed by atoms with van der Waals surface area (Å²) in [5, 5.41) is 6.69. The lowest BCUT2D eigenvalue weighted by atomic mass is 9.99. The molecule has 2 aromatic rings. The minimum atomic E-state index is -0.558. The summed E-state index contributed by atoms with van der Waals surface area (Å²) in [5.41, 5.74) is 1.08. The molecule has 0 fully saturated rings. The van der Waals surface area contributed by atoms with E-state index in [-0.39, 0.29) is 17.9 Å². The minimum Gasteiger partial charge on any atom is -0.465 e. The molecule has 7 heteroatoms. The van der Waals surface area contributed by atoms with Gasteiger partial charge in [-0.15, -0.1) is 0 Å². The summed E-state index contributed by atoms with van der Waals surface area (Å²) >= 11 is 0. The maximum atomic E-state index is 12.0. The average Bonchev–Trinajstić information content (AvgIpc) is 3.23. The highest BCUT2D eigenvalue weighted by molar-refractivity contribution is 5.95. The van der Waals surface area contributed by atoms with E-state index in [9.17, 15) is 9.59 Å². The van der Waals surface area contributed by atoms with Gasteiger partial charge in [0, 0.05) is 18.1 Å². The second-order valence-corrected chi connectivity index (χ2v) is 5.11. The summed E-state index contributed by atoms with van der Waals surface area (Å²) in [6, 6.07) is 3.18. The molecule has 0 saturated carbocycles. The van der Waals surface area contributed by atoms with Gasteiger partial charge < -0.3 is 19.0 Å². The van der Waals surface area contributed by atoms with Crippen LogP contribution >= 0.6 is 0 Å². The van der Waals surface area contributed by atoms with Crippen molar-refractivity contribution < 1.29 is 23.3 Å². The molecule has 0 atom stereocenters. The maximum Gasteiger partial charge on any atom is 0.341 e. The first kappa shape index (κ1) is 16.8. The van der Waals surface area contributed by atoms with Crippen LogP contribution in [-0.4, -0.2) is 24.1 Å². The van der Waals surface area contributed by atoms with Crippen LogP contribution < -0.4 is 5.32 Å². The van der Waals surface area contributed by atoms with E-state index < -0.39 is 11.9 Å². The quantitative estimate of drug-likeness (QED) is 0.788. The molecular formula is C16H20N2O5. The predicted octanol–water partition coefficient (Wildman–Crippen LogP) is 2.89. The number of carbonyl (C=O) groups is 2. The van der Waals surface area contributed by atoms with Crippen LogP contribution in [0.2, 0.25) is 0 Å². The van der Waals surface area contributed by atoms with Crippen molar-refractivity contribution in [2.24, 2.45) is 0 Å².